The molecule has 1 fully saturated rings. The van der Waals surface area contributed by atoms with Gasteiger partial charge in [-0.1, -0.05) is 18.3 Å². The Kier molecular flexibility index (Phi) is 5.19. The molecule has 1 unspecified atom stereocenters. The van der Waals surface area contributed by atoms with Crippen molar-refractivity contribution in [3.05, 3.63) is 4.88 Å². The van der Waals surface area contributed by atoms with Gasteiger partial charge in [0, 0.05) is 19.1 Å². The molecule has 4 N–H and O–H groups in total. The number of rotatable bonds is 6. The number of carbonyl (C=O) groups excluding carboxylic acids is 1. The third-order valence-electron chi connectivity index (χ3n) is 3.59. The number of likely N-dealkylation sites (N-methyl/N-ethyl adjacent to an activating group) is 1. The van der Waals surface area contributed by atoms with Gasteiger partial charge < -0.3 is 16.4 Å². The van der Waals surface area contributed by atoms with Crippen LogP contribution in [0.4, 0.5) is 10.9 Å². The number of nitrogens with two attached hydrogens (primary N) is 1. The molecule has 1 aromatic heterocycles. The van der Waals surface area contributed by atoms with E-state index < -0.39 is 0 Å². The first kappa shape index (κ1) is 15.1. The van der Waals surface area contributed by atoms with Crippen molar-refractivity contribution in [1.82, 2.24) is 15.2 Å². The number of aromatic nitrogens is 1. The first-order valence-electron chi connectivity index (χ1n) is 7.18. The second-order valence-corrected chi connectivity index (χ2v) is 5.90. The summed E-state index contributed by atoms with van der Waals surface area (Å²) in [4.78, 5) is 19.2. The van der Waals surface area contributed by atoms with E-state index in [4.69, 9.17) is 5.73 Å². The molecule has 0 spiro atoms. The Bertz CT molecular complexity index is 462. The van der Waals surface area contributed by atoms with Crippen molar-refractivity contribution in [2.75, 3.05) is 37.2 Å². The smallest absolute Gasteiger partial charge is 0.265 e. The van der Waals surface area contributed by atoms with Crippen LogP contribution in [0.1, 0.15) is 36.4 Å². The largest absolute Gasteiger partial charge is 0.382 e. The number of carbonyl (C=O) groups is 1. The van der Waals surface area contributed by atoms with E-state index in [0.29, 0.717) is 28.4 Å². The van der Waals surface area contributed by atoms with Crippen LogP contribution in [-0.2, 0) is 0 Å². The average molecular weight is 297 g/mol. The van der Waals surface area contributed by atoms with E-state index >= 15 is 0 Å². The Morgan fingerprint density at radius 3 is 3.05 bits per heavy atom. The monoisotopic (exact) mass is 297 g/mol. The second kappa shape index (κ2) is 6.90. The molecular formula is C13H23N5OS. The number of likely N-dealkylation sites (tertiary alicyclic amines) is 1. The van der Waals surface area contributed by atoms with Crippen LogP contribution in [0.3, 0.4) is 0 Å². The quantitative estimate of drug-likeness (QED) is 0.738. The number of nitrogens with zero attached hydrogens (tertiary/aromatic N) is 2. The lowest BCUT2D eigenvalue weighted by Gasteiger charge is -2.22. The summed E-state index contributed by atoms with van der Waals surface area (Å²) in [6.45, 7) is 7.75. The predicted molar refractivity (Wildman–Crippen MR) is 83.3 cm³/mol. The normalized spacial score (nSPS) is 19.2. The topological polar surface area (TPSA) is 83.3 Å². The summed E-state index contributed by atoms with van der Waals surface area (Å²) in [5.41, 5.74) is 5.80. The van der Waals surface area contributed by atoms with E-state index in [1.807, 2.05) is 6.92 Å². The van der Waals surface area contributed by atoms with E-state index in [0.717, 1.165) is 26.1 Å². The van der Waals surface area contributed by atoms with Crippen molar-refractivity contribution in [3.63, 3.8) is 0 Å². The maximum absolute atomic E-state index is 12.2. The van der Waals surface area contributed by atoms with E-state index in [1.54, 1.807) is 0 Å². The maximum Gasteiger partial charge on any atom is 0.265 e. The molecule has 0 radical (unpaired) electrons. The van der Waals surface area contributed by atoms with Crippen molar-refractivity contribution in [2.24, 2.45) is 0 Å². The van der Waals surface area contributed by atoms with Gasteiger partial charge in [0.25, 0.3) is 5.91 Å². The van der Waals surface area contributed by atoms with E-state index in [9.17, 15) is 4.79 Å². The zero-order valence-electron chi connectivity index (χ0n) is 12.1. The lowest BCUT2D eigenvalue weighted by molar-refractivity contribution is 0.0946. The fourth-order valence-electron chi connectivity index (χ4n) is 2.55. The zero-order valence-corrected chi connectivity index (χ0v) is 12.9. The van der Waals surface area contributed by atoms with Crippen LogP contribution in [-0.4, -0.2) is 48.0 Å². The molecule has 20 heavy (non-hydrogen) atoms. The first-order valence-corrected chi connectivity index (χ1v) is 7.99. The van der Waals surface area contributed by atoms with Gasteiger partial charge in [-0.15, -0.1) is 0 Å². The summed E-state index contributed by atoms with van der Waals surface area (Å²) < 4.78 is 0. The van der Waals surface area contributed by atoms with Crippen LogP contribution in [0.5, 0.6) is 0 Å². The van der Waals surface area contributed by atoms with Gasteiger partial charge >= 0.3 is 0 Å². The highest BCUT2D eigenvalue weighted by Crippen LogP contribution is 2.24. The van der Waals surface area contributed by atoms with Gasteiger partial charge in [-0.2, -0.15) is 0 Å². The fraction of sp³-hybridized carbons (Fsp3) is 0.692. The van der Waals surface area contributed by atoms with Gasteiger partial charge in [0.2, 0.25) is 0 Å². The molecule has 1 aliphatic rings. The van der Waals surface area contributed by atoms with Crippen LogP contribution in [0, 0.1) is 0 Å². The minimum absolute atomic E-state index is 0.118. The number of thiazole rings is 1. The number of hydrogen-bond acceptors (Lipinski definition) is 6. The molecule has 0 saturated carbocycles. The summed E-state index contributed by atoms with van der Waals surface area (Å²) >= 11 is 1.31. The van der Waals surface area contributed by atoms with Crippen molar-refractivity contribution >= 4 is 28.2 Å². The lowest BCUT2D eigenvalue weighted by atomic mass is 10.2. The molecule has 1 aromatic rings. The van der Waals surface area contributed by atoms with Crippen LogP contribution < -0.4 is 16.4 Å². The molecule has 1 saturated heterocycles. The summed E-state index contributed by atoms with van der Waals surface area (Å²) in [7, 11) is 0. The van der Waals surface area contributed by atoms with Crippen LogP contribution in [0.25, 0.3) is 0 Å². The van der Waals surface area contributed by atoms with E-state index in [-0.39, 0.29) is 5.91 Å². The van der Waals surface area contributed by atoms with Gasteiger partial charge in [-0.3, -0.25) is 9.69 Å². The number of hydrogen-bond donors (Lipinski definition) is 3. The van der Waals surface area contributed by atoms with E-state index in [1.165, 1.54) is 17.8 Å². The summed E-state index contributed by atoms with van der Waals surface area (Å²) in [5, 5.41) is 6.76. The Morgan fingerprint density at radius 1 is 1.55 bits per heavy atom. The number of nitrogen functional groups attached to an aromatic ring is 1. The van der Waals surface area contributed by atoms with Gasteiger partial charge in [-0.25, -0.2) is 4.98 Å². The lowest BCUT2D eigenvalue weighted by Crippen LogP contribution is -2.39. The van der Waals surface area contributed by atoms with Gasteiger partial charge in [0.1, 0.15) is 10.7 Å². The summed E-state index contributed by atoms with van der Waals surface area (Å²) in [6.07, 6.45) is 2.36. The Labute approximate surface area is 123 Å². The standard InChI is InChI=1S/C13H23N5OS/c1-3-15-13-17-11(14)10(20-13)12(19)16-8-9-6-5-7-18(9)4-2/h9H,3-8,14H2,1-2H3,(H,15,17)(H,16,19). The second-order valence-electron chi connectivity index (χ2n) is 4.90. The van der Waals surface area contributed by atoms with E-state index in [2.05, 4.69) is 27.4 Å². The SMILES string of the molecule is CCNc1nc(N)c(C(=O)NCC2CCCN2CC)s1. The van der Waals surface area contributed by atoms with Crippen LogP contribution >= 0.6 is 11.3 Å². The number of amides is 1. The molecule has 0 aromatic carbocycles. The van der Waals surface area contributed by atoms with Gasteiger partial charge in [0.05, 0.1) is 0 Å². The number of anilines is 2. The molecule has 7 heteroatoms. The highest BCUT2D eigenvalue weighted by molar-refractivity contribution is 7.18. The zero-order chi connectivity index (χ0) is 14.5. The molecule has 1 atom stereocenters. The molecule has 6 nitrogen and oxygen atoms in total. The van der Waals surface area contributed by atoms with Crippen LogP contribution in [0.2, 0.25) is 0 Å². The Balaban J connectivity index is 1.91. The third-order valence-corrected chi connectivity index (χ3v) is 4.62. The summed E-state index contributed by atoms with van der Waals surface area (Å²) in [6, 6.07) is 0.450. The minimum atomic E-state index is -0.118. The molecule has 0 bridgehead atoms. The van der Waals surface area contributed by atoms with Crippen molar-refractivity contribution in [2.45, 2.75) is 32.7 Å². The molecule has 2 heterocycles. The average Bonchev–Trinajstić information content (AvgIpc) is 3.02. The Hall–Kier alpha value is -1.34. The van der Waals surface area contributed by atoms with Crippen molar-refractivity contribution < 1.29 is 4.79 Å². The predicted octanol–water partition coefficient (Wildman–Crippen LogP) is 1.37. The first-order chi connectivity index (χ1) is 9.65. The van der Waals surface area contributed by atoms with Gasteiger partial charge in [0.15, 0.2) is 5.13 Å². The van der Waals surface area contributed by atoms with Crippen molar-refractivity contribution in [3.8, 4) is 0 Å². The maximum atomic E-state index is 12.2. The minimum Gasteiger partial charge on any atom is -0.382 e. The molecule has 0 aliphatic carbocycles. The Morgan fingerprint density at radius 2 is 2.35 bits per heavy atom. The molecular weight excluding hydrogens is 274 g/mol. The van der Waals surface area contributed by atoms with Crippen LogP contribution in [0.15, 0.2) is 0 Å². The molecule has 2 rings (SSSR count). The third kappa shape index (κ3) is 3.40. The van der Waals surface area contributed by atoms with Gasteiger partial charge in [-0.05, 0) is 32.9 Å². The molecule has 1 aliphatic heterocycles. The fourth-order valence-corrected chi connectivity index (χ4v) is 3.42. The van der Waals surface area contributed by atoms with Crippen molar-refractivity contribution in [1.29, 1.82) is 0 Å². The number of nitrogens with one attached hydrogen (secondary N) is 2. The molecule has 1 amide bonds. The summed E-state index contributed by atoms with van der Waals surface area (Å²) in [5.74, 6) is 0.189. The highest BCUT2D eigenvalue weighted by Gasteiger charge is 2.24. The molecule has 112 valence electrons. The highest BCUT2D eigenvalue weighted by atomic mass is 32.1.